The number of aliphatic carboxylic acids is 1. The van der Waals surface area contributed by atoms with E-state index in [9.17, 15) is 18.3 Å². The molecule has 1 saturated carbocycles. The second kappa shape index (κ2) is 4.62. The lowest BCUT2D eigenvalue weighted by Crippen LogP contribution is -2.34. The number of carboxylic acid groups (broad SMARTS) is 1. The van der Waals surface area contributed by atoms with E-state index in [1.165, 1.54) is 12.1 Å². The van der Waals surface area contributed by atoms with Crippen LogP contribution in [0.4, 0.5) is 0 Å². The summed E-state index contributed by atoms with van der Waals surface area (Å²) < 4.78 is 34.7. The van der Waals surface area contributed by atoms with Gasteiger partial charge < -0.3 is 14.6 Å². The van der Waals surface area contributed by atoms with Crippen LogP contribution in [0.25, 0.3) is 0 Å². The summed E-state index contributed by atoms with van der Waals surface area (Å²) in [5.41, 5.74) is -0.835. The molecular weight excluding hydrogens is 296 g/mol. The summed E-state index contributed by atoms with van der Waals surface area (Å²) in [6, 6.07) is 2.91. The van der Waals surface area contributed by atoms with Crippen molar-refractivity contribution in [2.45, 2.75) is 36.0 Å². The number of sulfone groups is 1. The average molecular weight is 312 g/mol. The van der Waals surface area contributed by atoms with Gasteiger partial charge in [0, 0.05) is 12.3 Å². The summed E-state index contributed by atoms with van der Waals surface area (Å²) in [4.78, 5) is 11.9. The highest BCUT2D eigenvalue weighted by atomic mass is 32.2. The SMILES string of the molecule is CS(=O)(=O)c1cc2c(cc1C1(C(=O)O)CCCC1)OCO2. The van der Waals surface area contributed by atoms with Crippen molar-refractivity contribution in [3.05, 3.63) is 17.7 Å². The first-order valence-electron chi connectivity index (χ1n) is 6.72. The van der Waals surface area contributed by atoms with Crippen molar-refractivity contribution in [2.24, 2.45) is 0 Å². The van der Waals surface area contributed by atoms with Crippen molar-refractivity contribution < 1.29 is 27.8 Å². The van der Waals surface area contributed by atoms with Crippen LogP contribution in [-0.2, 0) is 20.0 Å². The van der Waals surface area contributed by atoms with Gasteiger partial charge in [-0.3, -0.25) is 4.79 Å². The fourth-order valence-corrected chi connectivity index (χ4v) is 4.16. The molecule has 2 aliphatic rings. The molecule has 0 bridgehead atoms. The van der Waals surface area contributed by atoms with Gasteiger partial charge in [0.15, 0.2) is 21.3 Å². The number of benzene rings is 1. The summed E-state index contributed by atoms with van der Waals surface area (Å²) >= 11 is 0. The Balaban J connectivity index is 2.28. The van der Waals surface area contributed by atoms with Crippen LogP contribution in [0.3, 0.4) is 0 Å². The van der Waals surface area contributed by atoms with Crippen molar-refractivity contribution in [3.8, 4) is 11.5 Å². The zero-order valence-electron chi connectivity index (χ0n) is 11.6. The molecule has 1 N–H and O–H groups in total. The molecule has 0 radical (unpaired) electrons. The van der Waals surface area contributed by atoms with Crippen LogP contribution in [0.1, 0.15) is 31.2 Å². The minimum atomic E-state index is -3.56. The molecule has 0 saturated heterocycles. The predicted octanol–water partition coefficient (Wildman–Crippen LogP) is 1.72. The highest BCUT2D eigenvalue weighted by Crippen LogP contribution is 2.47. The Bertz CT molecular complexity index is 700. The van der Waals surface area contributed by atoms with Crippen molar-refractivity contribution in [2.75, 3.05) is 13.0 Å². The Labute approximate surface area is 122 Å². The smallest absolute Gasteiger partial charge is 0.314 e. The standard InChI is InChI=1S/C14H16O6S/c1-21(17,18)12-7-11-10(19-8-20-11)6-9(12)14(13(15)16)4-2-3-5-14/h6-7H,2-5,8H2,1H3,(H,15,16). The van der Waals surface area contributed by atoms with E-state index in [0.717, 1.165) is 19.1 Å². The van der Waals surface area contributed by atoms with Gasteiger partial charge in [0.1, 0.15) is 0 Å². The van der Waals surface area contributed by atoms with Gasteiger partial charge in [0.2, 0.25) is 6.79 Å². The molecule has 0 aromatic heterocycles. The van der Waals surface area contributed by atoms with Crippen LogP contribution >= 0.6 is 0 Å². The molecule has 1 fully saturated rings. The average Bonchev–Trinajstić information content (AvgIpc) is 3.05. The van der Waals surface area contributed by atoms with Gasteiger partial charge in [-0.15, -0.1) is 0 Å². The second-order valence-electron chi connectivity index (χ2n) is 5.57. The number of hydrogen-bond donors (Lipinski definition) is 1. The van der Waals surface area contributed by atoms with Crippen LogP contribution in [0.5, 0.6) is 11.5 Å². The Morgan fingerprint density at radius 1 is 1.19 bits per heavy atom. The Morgan fingerprint density at radius 3 is 2.29 bits per heavy atom. The lowest BCUT2D eigenvalue weighted by atomic mass is 9.79. The van der Waals surface area contributed by atoms with E-state index >= 15 is 0 Å². The first-order chi connectivity index (χ1) is 9.84. The van der Waals surface area contributed by atoms with E-state index in [1.54, 1.807) is 0 Å². The zero-order valence-corrected chi connectivity index (χ0v) is 12.4. The van der Waals surface area contributed by atoms with Gasteiger partial charge in [-0.2, -0.15) is 0 Å². The zero-order chi connectivity index (χ0) is 15.3. The van der Waals surface area contributed by atoms with Crippen LogP contribution in [-0.4, -0.2) is 32.5 Å². The van der Waals surface area contributed by atoms with Gasteiger partial charge in [-0.1, -0.05) is 12.8 Å². The summed E-state index contributed by atoms with van der Waals surface area (Å²) in [5.74, 6) is -0.230. The van der Waals surface area contributed by atoms with Crippen LogP contribution in [0, 0.1) is 0 Å². The molecule has 3 rings (SSSR count). The van der Waals surface area contributed by atoms with Crippen molar-refractivity contribution in [3.63, 3.8) is 0 Å². The molecule has 0 spiro atoms. The van der Waals surface area contributed by atoms with Gasteiger partial charge >= 0.3 is 5.97 Å². The molecule has 6 nitrogen and oxygen atoms in total. The largest absolute Gasteiger partial charge is 0.481 e. The Morgan fingerprint density at radius 2 is 1.76 bits per heavy atom. The van der Waals surface area contributed by atoms with E-state index in [4.69, 9.17) is 9.47 Å². The molecule has 114 valence electrons. The summed E-state index contributed by atoms with van der Waals surface area (Å²) in [5, 5.41) is 9.69. The molecule has 21 heavy (non-hydrogen) atoms. The third-order valence-corrected chi connectivity index (χ3v) is 5.39. The Hall–Kier alpha value is -1.76. The molecular formula is C14H16O6S. The van der Waals surface area contributed by atoms with Gasteiger partial charge in [0.25, 0.3) is 0 Å². The molecule has 1 aromatic rings. The molecule has 1 aromatic carbocycles. The maximum Gasteiger partial charge on any atom is 0.314 e. The van der Waals surface area contributed by atoms with Crippen molar-refractivity contribution in [1.82, 2.24) is 0 Å². The summed E-state index contributed by atoms with van der Waals surface area (Å²) in [7, 11) is -3.56. The van der Waals surface area contributed by atoms with E-state index in [1.807, 2.05) is 0 Å². The number of rotatable bonds is 3. The lowest BCUT2D eigenvalue weighted by Gasteiger charge is -2.26. The fraction of sp³-hybridized carbons (Fsp3) is 0.500. The van der Waals surface area contributed by atoms with Crippen LogP contribution in [0.2, 0.25) is 0 Å². The second-order valence-corrected chi connectivity index (χ2v) is 7.55. The highest BCUT2D eigenvalue weighted by molar-refractivity contribution is 7.90. The normalized spacial score (nSPS) is 19.7. The Kier molecular flexibility index (Phi) is 3.12. The van der Waals surface area contributed by atoms with E-state index in [-0.39, 0.29) is 11.7 Å². The first kappa shape index (κ1) is 14.2. The molecule has 7 heteroatoms. The quantitative estimate of drug-likeness (QED) is 0.914. The predicted molar refractivity (Wildman–Crippen MR) is 73.5 cm³/mol. The van der Waals surface area contributed by atoms with Gasteiger partial charge in [0.05, 0.1) is 10.3 Å². The minimum Gasteiger partial charge on any atom is -0.481 e. The number of ether oxygens (including phenoxy) is 2. The number of hydrogen-bond acceptors (Lipinski definition) is 5. The van der Waals surface area contributed by atoms with Crippen LogP contribution in [0.15, 0.2) is 17.0 Å². The molecule has 1 aliphatic heterocycles. The lowest BCUT2D eigenvalue weighted by molar-refractivity contribution is -0.143. The van der Waals surface area contributed by atoms with E-state index in [0.29, 0.717) is 29.9 Å². The number of carboxylic acids is 1. The third kappa shape index (κ3) is 2.16. The topological polar surface area (TPSA) is 89.9 Å². The molecule has 0 amide bonds. The minimum absolute atomic E-state index is 0.0159. The third-order valence-electron chi connectivity index (χ3n) is 4.26. The summed E-state index contributed by atoms with van der Waals surface area (Å²) in [6.07, 6.45) is 3.49. The van der Waals surface area contributed by atoms with E-state index in [2.05, 4.69) is 0 Å². The molecule has 0 atom stereocenters. The van der Waals surface area contributed by atoms with Gasteiger partial charge in [-0.25, -0.2) is 8.42 Å². The molecule has 0 unspecified atom stereocenters. The van der Waals surface area contributed by atoms with Gasteiger partial charge in [-0.05, 0) is 24.5 Å². The first-order valence-corrected chi connectivity index (χ1v) is 8.61. The summed E-state index contributed by atoms with van der Waals surface area (Å²) in [6.45, 7) is 0.0159. The maximum atomic E-state index is 12.1. The number of carbonyl (C=O) groups is 1. The monoisotopic (exact) mass is 312 g/mol. The maximum absolute atomic E-state index is 12.1. The van der Waals surface area contributed by atoms with E-state index < -0.39 is 21.2 Å². The van der Waals surface area contributed by atoms with Crippen molar-refractivity contribution in [1.29, 1.82) is 0 Å². The van der Waals surface area contributed by atoms with Crippen LogP contribution < -0.4 is 9.47 Å². The molecule has 1 aliphatic carbocycles. The highest BCUT2D eigenvalue weighted by Gasteiger charge is 2.46. The van der Waals surface area contributed by atoms with Crippen molar-refractivity contribution >= 4 is 15.8 Å². The molecule has 1 heterocycles. The fourth-order valence-electron chi connectivity index (χ4n) is 3.18. The number of fused-ring (bicyclic) bond motifs is 1.